The molecule has 286 valence electrons. The molecule has 16 heteroatoms. The Labute approximate surface area is 294 Å². The Morgan fingerprint density at radius 2 is 1.28 bits per heavy atom. The number of unbranched alkanes of at least 4 members (excludes halogenated alkanes) is 14. The number of carbonyl (C=O) groups excluding carboxylic acids is 4. The molecular weight excluding hydrogens is 678 g/mol. The number of imidazole rings is 1. The van der Waals surface area contributed by atoms with Crippen LogP contribution >= 0.6 is 7.75 Å². The predicted octanol–water partition coefficient (Wildman–Crippen LogP) is 6.51. The molecule has 1 aliphatic rings. The maximum absolute atomic E-state index is 15.8. The molecule has 1 aromatic rings. The highest BCUT2D eigenvalue weighted by molar-refractivity contribution is 7.51. The van der Waals surface area contributed by atoms with Crippen LogP contribution in [0.3, 0.4) is 0 Å². The number of esters is 4. The zero-order chi connectivity index (χ0) is 36.9. The Kier molecular flexibility index (Phi) is 20.4. The zero-order valence-corrected chi connectivity index (χ0v) is 30.8. The molecule has 0 aliphatic carbocycles. The van der Waals surface area contributed by atoms with Gasteiger partial charge in [0.05, 0.1) is 0 Å². The van der Waals surface area contributed by atoms with Crippen molar-refractivity contribution in [1.82, 2.24) is 9.32 Å². The van der Waals surface area contributed by atoms with E-state index in [1.807, 2.05) is 0 Å². The second-order valence-corrected chi connectivity index (χ2v) is 14.3. The number of alkyl halides is 1. The maximum atomic E-state index is 15.8. The molecule has 2 rings (SSSR count). The Morgan fingerprint density at radius 1 is 0.800 bits per heavy atom. The van der Waals surface area contributed by atoms with Gasteiger partial charge in [-0.2, -0.15) is 0 Å². The van der Waals surface area contributed by atoms with Gasteiger partial charge in [0.15, 0.2) is 24.5 Å². The molecule has 1 saturated heterocycles. The second kappa shape index (κ2) is 23.6. The third kappa shape index (κ3) is 16.4. The molecule has 14 nitrogen and oxygen atoms in total. The summed E-state index contributed by atoms with van der Waals surface area (Å²) in [5, 5.41) is 0. The number of aromatic nitrogens is 2. The van der Waals surface area contributed by atoms with Crippen molar-refractivity contribution in [2.45, 2.75) is 167 Å². The van der Waals surface area contributed by atoms with Crippen LogP contribution in [0.25, 0.3) is 0 Å². The standard InChI is InChI=1S/C34H56FN2O12P/c1-5-6-7-8-9-10-11-12-13-14-15-16-17-18-19-20-29(41)44-23-28(35)30-31(45-25(2)38)32(46-26(3)39)33(47-27(4)40)34(48-30)49-50(42,43)37-22-21-36-24-37/h21-22,24,28,30-34H,5-20,23H2,1-4H3,(H,42,43)/t28-,30+,31+,32-,33-,34-/m0/s1. The Bertz CT molecular complexity index is 1200. The SMILES string of the molecule is CCCCCCCCCCCCCCCCCC(=O)OC[C@H](F)[C@H]1O[C@@H](OP(=O)(O)n2ccnc2)[C@@H](OC(C)=O)[C@@H](OC(C)=O)[C@@H]1OC(C)=O. The predicted molar refractivity (Wildman–Crippen MR) is 179 cm³/mol. The van der Waals surface area contributed by atoms with E-state index in [1.54, 1.807) is 0 Å². The van der Waals surface area contributed by atoms with Gasteiger partial charge in [-0.3, -0.25) is 23.7 Å². The van der Waals surface area contributed by atoms with E-state index in [0.717, 1.165) is 59.0 Å². The molecule has 0 bridgehead atoms. The number of halogens is 1. The third-order valence-electron chi connectivity index (χ3n) is 8.21. The van der Waals surface area contributed by atoms with Crippen LogP contribution in [0.1, 0.15) is 130 Å². The molecule has 0 radical (unpaired) electrons. The van der Waals surface area contributed by atoms with E-state index in [1.165, 1.54) is 70.4 Å². The van der Waals surface area contributed by atoms with Crippen molar-refractivity contribution in [3.63, 3.8) is 0 Å². The largest absolute Gasteiger partial charge is 0.462 e. The second-order valence-electron chi connectivity index (χ2n) is 12.6. The summed E-state index contributed by atoms with van der Waals surface area (Å²) < 4.78 is 61.3. The summed E-state index contributed by atoms with van der Waals surface area (Å²) >= 11 is 0. The Hall–Kier alpha value is -2.87. The summed E-state index contributed by atoms with van der Waals surface area (Å²) in [6.07, 6.45) is 9.68. The topological polar surface area (TPSA) is 179 Å². The van der Waals surface area contributed by atoms with E-state index >= 15 is 4.39 Å². The van der Waals surface area contributed by atoms with Crippen LogP contribution in [0, 0.1) is 0 Å². The average Bonchev–Trinajstić information content (AvgIpc) is 3.60. The smallest absolute Gasteiger partial charge is 0.440 e. The Morgan fingerprint density at radius 3 is 1.76 bits per heavy atom. The molecule has 1 aromatic heterocycles. The van der Waals surface area contributed by atoms with Gasteiger partial charge in [-0.25, -0.2) is 18.3 Å². The number of hydrogen-bond acceptors (Lipinski definition) is 12. The van der Waals surface area contributed by atoms with Gasteiger partial charge in [-0.05, 0) is 6.42 Å². The van der Waals surface area contributed by atoms with E-state index in [2.05, 4.69) is 11.9 Å². The molecule has 0 spiro atoms. The van der Waals surface area contributed by atoms with E-state index in [0.29, 0.717) is 10.8 Å². The van der Waals surface area contributed by atoms with Gasteiger partial charge in [0.1, 0.15) is 19.0 Å². The molecule has 0 saturated carbocycles. The highest BCUT2D eigenvalue weighted by Crippen LogP contribution is 2.47. The number of ether oxygens (including phenoxy) is 5. The minimum Gasteiger partial charge on any atom is -0.462 e. The first-order chi connectivity index (χ1) is 23.9. The molecule has 0 aromatic carbocycles. The van der Waals surface area contributed by atoms with Gasteiger partial charge >= 0.3 is 31.6 Å². The number of rotatable bonds is 25. The maximum Gasteiger partial charge on any atom is 0.440 e. The van der Waals surface area contributed by atoms with Crippen molar-refractivity contribution in [2.24, 2.45) is 0 Å². The highest BCUT2D eigenvalue weighted by Gasteiger charge is 2.56. The average molecular weight is 735 g/mol. The van der Waals surface area contributed by atoms with Gasteiger partial charge in [0.25, 0.3) is 0 Å². The molecule has 1 aliphatic heterocycles. The van der Waals surface area contributed by atoms with Crippen LogP contribution in [-0.4, -0.2) is 81.6 Å². The fraction of sp³-hybridized carbons (Fsp3) is 0.794. The fourth-order valence-electron chi connectivity index (χ4n) is 5.75. The van der Waals surface area contributed by atoms with Crippen molar-refractivity contribution in [3.8, 4) is 0 Å². The van der Waals surface area contributed by atoms with Crippen LogP contribution in [0.2, 0.25) is 0 Å². The van der Waals surface area contributed by atoms with Crippen LogP contribution < -0.4 is 0 Å². The van der Waals surface area contributed by atoms with Gasteiger partial charge in [-0.15, -0.1) is 0 Å². The van der Waals surface area contributed by atoms with Crippen molar-refractivity contribution in [1.29, 1.82) is 0 Å². The third-order valence-corrected chi connectivity index (χ3v) is 9.51. The molecule has 7 atom stereocenters. The molecule has 1 unspecified atom stereocenters. The molecule has 0 amide bonds. The normalized spacial score (nSPS) is 22.2. The van der Waals surface area contributed by atoms with Crippen molar-refractivity contribution in [2.75, 3.05) is 6.61 Å². The number of hydrogen-bond donors (Lipinski definition) is 1. The van der Waals surface area contributed by atoms with Crippen LogP contribution in [0.5, 0.6) is 0 Å². The lowest BCUT2D eigenvalue weighted by molar-refractivity contribution is -0.295. The van der Waals surface area contributed by atoms with E-state index in [4.69, 9.17) is 28.2 Å². The summed E-state index contributed by atoms with van der Waals surface area (Å²) in [5.74, 6) is -3.45. The molecule has 1 fully saturated rings. The first-order valence-electron chi connectivity index (χ1n) is 17.8. The minimum atomic E-state index is -4.80. The molecular formula is C34H56FN2O12P. The van der Waals surface area contributed by atoms with Gasteiger partial charge in [0.2, 0.25) is 6.29 Å². The Balaban J connectivity index is 1.90. The van der Waals surface area contributed by atoms with Gasteiger partial charge in [-0.1, -0.05) is 96.8 Å². The molecule has 1 N–H and O–H groups in total. The highest BCUT2D eigenvalue weighted by atomic mass is 31.2. The monoisotopic (exact) mass is 734 g/mol. The van der Waals surface area contributed by atoms with E-state index in [-0.39, 0.29) is 6.42 Å². The lowest BCUT2D eigenvalue weighted by Crippen LogP contribution is -2.64. The summed E-state index contributed by atoms with van der Waals surface area (Å²) in [5.41, 5.74) is 0. The van der Waals surface area contributed by atoms with Crippen LogP contribution in [0.4, 0.5) is 4.39 Å². The summed E-state index contributed by atoms with van der Waals surface area (Å²) in [7, 11) is -4.80. The lowest BCUT2D eigenvalue weighted by atomic mass is 9.95. The van der Waals surface area contributed by atoms with E-state index < -0.39 is 75.1 Å². The van der Waals surface area contributed by atoms with Crippen LogP contribution in [-0.2, 0) is 52.0 Å². The zero-order valence-electron chi connectivity index (χ0n) is 29.9. The van der Waals surface area contributed by atoms with Gasteiger partial charge < -0.3 is 28.6 Å². The van der Waals surface area contributed by atoms with Crippen molar-refractivity contribution in [3.05, 3.63) is 18.7 Å². The summed E-state index contributed by atoms with van der Waals surface area (Å²) in [6, 6.07) is 0. The van der Waals surface area contributed by atoms with Crippen LogP contribution in [0.15, 0.2) is 18.7 Å². The first-order valence-corrected chi connectivity index (χ1v) is 19.4. The van der Waals surface area contributed by atoms with Crippen molar-refractivity contribution >= 4 is 31.6 Å². The van der Waals surface area contributed by atoms with Gasteiger partial charge in [0, 0.05) is 39.6 Å². The minimum absolute atomic E-state index is 0.0683. The summed E-state index contributed by atoms with van der Waals surface area (Å²) in [4.78, 5) is 62.8. The summed E-state index contributed by atoms with van der Waals surface area (Å²) in [6.45, 7) is 4.41. The number of carbonyl (C=O) groups is 4. The fourth-order valence-corrected chi connectivity index (χ4v) is 6.72. The van der Waals surface area contributed by atoms with E-state index in [9.17, 15) is 28.6 Å². The van der Waals surface area contributed by atoms with Crippen molar-refractivity contribution < 1.29 is 61.2 Å². The lowest BCUT2D eigenvalue weighted by Gasteiger charge is -2.45. The molecule has 50 heavy (non-hydrogen) atoms. The molecule has 2 heterocycles. The number of nitrogens with zero attached hydrogens (tertiary/aromatic N) is 2. The first kappa shape index (κ1) is 43.3. The quantitative estimate of drug-likeness (QED) is 0.0498.